The number of hydrogen-bond donors (Lipinski definition) is 3. The van der Waals surface area contributed by atoms with Gasteiger partial charge in [-0.3, -0.25) is 9.89 Å². The predicted molar refractivity (Wildman–Crippen MR) is 96.0 cm³/mol. The molecule has 0 unspecified atom stereocenters. The molecule has 0 fully saturated rings. The Kier molecular flexibility index (Phi) is 3.78. The number of carbonyl (C=O) groups excluding carboxylic acids is 1. The van der Waals surface area contributed by atoms with Gasteiger partial charge in [0.05, 0.1) is 17.0 Å². The van der Waals surface area contributed by atoms with Gasteiger partial charge in [0.1, 0.15) is 0 Å². The number of aryl methyl sites for hydroxylation is 1. The van der Waals surface area contributed by atoms with Crippen molar-refractivity contribution in [1.29, 1.82) is 0 Å². The number of hydrogen-bond acceptors (Lipinski definition) is 3. The smallest absolute Gasteiger partial charge is 0.253 e. The molecule has 0 aliphatic carbocycles. The van der Waals surface area contributed by atoms with Gasteiger partial charge in [-0.15, -0.1) is 0 Å². The number of carbonyl (C=O) groups is 1. The van der Waals surface area contributed by atoms with Crippen LogP contribution in [-0.4, -0.2) is 26.1 Å². The Morgan fingerprint density at radius 3 is 2.96 bits per heavy atom. The molecule has 0 saturated carbocycles. The second-order valence-electron chi connectivity index (χ2n) is 5.88. The van der Waals surface area contributed by atoms with E-state index in [1.54, 1.807) is 12.4 Å². The molecule has 25 heavy (non-hydrogen) atoms. The highest BCUT2D eigenvalue weighted by Gasteiger charge is 2.13. The van der Waals surface area contributed by atoms with E-state index in [1.165, 1.54) is 0 Å². The number of aromatic amines is 2. The molecular formula is C19H17N5O. The summed E-state index contributed by atoms with van der Waals surface area (Å²) in [5.41, 5.74) is 5.12. The van der Waals surface area contributed by atoms with Crippen molar-refractivity contribution in [3.05, 3.63) is 71.5 Å². The van der Waals surface area contributed by atoms with Crippen LogP contribution in [-0.2, 0) is 6.54 Å². The van der Waals surface area contributed by atoms with Crippen molar-refractivity contribution >= 4 is 16.9 Å². The first-order chi connectivity index (χ1) is 12.2. The van der Waals surface area contributed by atoms with Crippen molar-refractivity contribution in [2.75, 3.05) is 0 Å². The molecule has 0 aliphatic rings. The SMILES string of the molecule is Cc1ccccc1CNC(=O)c1c[nH]c(-c2[nH]nc3ncccc23)c1. The maximum atomic E-state index is 12.4. The Morgan fingerprint density at radius 2 is 2.08 bits per heavy atom. The van der Waals surface area contributed by atoms with E-state index in [1.807, 2.05) is 49.4 Å². The van der Waals surface area contributed by atoms with E-state index in [9.17, 15) is 4.79 Å². The molecule has 0 radical (unpaired) electrons. The number of amides is 1. The van der Waals surface area contributed by atoms with E-state index in [0.717, 1.165) is 27.9 Å². The average molecular weight is 331 g/mol. The van der Waals surface area contributed by atoms with Crippen molar-refractivity contribution in [1.82, 2.24) is 25.5 Å². The molecule has 124 valence electrons. The monoisotopic (exact) mass is 331 g/mol. The van der Waals surface area contributed by atoms with Crippen molar-refractivity contribution in [3.63, 3.8) is 0 Å². The van der Waals surface area contributed by atoms with E-state index < -0.39 is 0 Å². The number of benzene rings is 1. The largest absolute Gasteiger partial charge is 0.359 e. The molecule has 3 N–H and O–H groups in total. The fourth-order valence-electron chi connectivity index (χ4n) is 2.81. The van der Waals surface area contributed by atoms with E-state index in [0.29, 0.717) is 17.8 Å². The molecule has 0 bridgehead atoms. The molecule has 3 heterocycles. The predicted octanol–water partition coefficient (Wildman–Crippen LogP) is 3.19. The number of nitrogens with one attached hydrogen (secondary N) is 3. The third-order valence-corrected chi connectivity index (χ3v) is 4.24. The maximum absolute atomic E-state index is 12.4. The van der Waals surface area contributed by atoms with Gasteiger partial charge in [0.25, 0.3) is 5.91 Å². The zero-order valence-corrected chi connectivity index (χ0v) is 13.7. The number of fused-ring (bicyclic) bond motifs is 1. The number of rotatable bonds is 4. The lowest BCUT2D eigenvalue weighted by Gasteiger charge is -2.06. The summed E-state index contributed by atoms with van der Waals surface area (Å²) in [6, 6.07) is 13.6. The molecule has 4 aromatic rings. The van der Waals surface area contributed by atoms with E-state index >= 15 is 0 Å². The first-order valence-electron chi connectivity index (χ1n) is 8.03. The van der Waals surface area contributed by atoms with E-state index in [4.69, 9.17) is 0 Å². The zero-order valence-electron chi connectivity index (χ0n) is 13.7. The zero-order chi connectivity index (χ0) is 17.2. The summed E-state index contributed by atoms with van der Waals surface area (Å²) < 4.78 is 0. The van der Waals surface area contributed by atoms with Crippen molar-refractivity contribution in [3.8, 4) is 11.4 Å². The van der Waals surface area contributed by atoms with Gasteiger partial charge in [-0.25, -0.2) is 4.98 Å². The topological polar surface area (TPSA) is 86.5 Å². The Hall–Kier alpha value is -3.41. The van der Waals surface area contributed by atoms with Crippen LogP contribution in [0.4, 0.5) is 0 Å². The summed E-state index contributed by atoms with van der Waals surface area (Å²) in [4.78, 5) is 19.7. The van der Waals surface area contributed by atoms with Crippen LogP contribution in [0.3, 0.4) is 0 Å². The van der Waals surface area contributed by atoms with Crippen LogP contribution < -0.4 is 5.32 Å². The lowest BCUT2D eigenvalue weighted by Crippen LogP contribution is -2.22. The molecule has 4 rings (SSSR count). The van der Waals surface area contributed by atoms with Crippen LogP contribution in [0.2, 0.25) is 0 Å². The van der Waals surface area contributed by atoms with Gasteiger partial charge in [0.15, 0.2) is 5.65 Å². The standard InChI is InChI=1S/C19H17N5O/c1-12-5-2-3-6-13(12)10-22-19(25)14-9-16(21-11-14)17-15-7-4-8-20-18(15)24-23-17/h2-9,11,21H,10H2,1H3,(H,22,25)(H,20,23,24). The highest BCUT2D eigenvalue weighted by molar-refractivity contribution is 5.97. The van der Waals surface area contributed by atoms with Gasteiger partial charge < -0.3 is 10.3 Å². The Bertz CT molecular complexity index is 1050. The third kappa shape index (κ3) is 2.89. The summed E-state index contributed by atoms with van der Waals surface area (Å²) in [6.07, 6.45) is 3.40. The summed E-state index contributed by atoms with van der Waals surface area (Å²) >= 11 is 0. The summed E-state index contributed by atoms with van der Waals surface area (Å²) in [6.45, 7) is 2.54. The fourth-order valence-corrected chi connectivity index (χ4v) is 2.81. The van der Waals surface area contributed by atoms with Gasteiger partial charge in [0.2, 0.25) is 0 Å². The van der Waals surface area contributed by atoms with Gasteiger partial charge >= 0.3 is 0 Å². The van der Waals surface area contributed by atoms with Crippen molar-refractivity contribution < 1.29 is 4.79 Å². The van der Waals surface area contributed by atoms with E-state index in [2.05, 4.69) is 25.5 Å². The Morgan fingerprint density at radius 1 is 1.20 bits per heavy atom. The number of aromatic nitrogens is 4. The third-order valence-electron chi connectivity index (χ3n) is 4.24. The molecule has 0 aliphatic heterocycles. The normalized spacial score (nSPS) is 10.9. The molecule has 3 aromatic heterocycles. The van der Waals surface area contributed by atoms with Gasteiger partial charge in [-0.1, -0.05) is 24.3 Å². The van der Waals surface area contributed by atoms with Crippen LogP contribution in [0.25, 0.3) is 22.4 Å². The number of pyridine rings is 1. The van der Waals surface area contributed by atoms with Gasteiger partial charge in [-0.2, -0.15) is 5.10 Å². The molecule has 6 heteroatoms. The second kappa shape index (κ2) is 6.24. The number of nitrogens with zero attached hydrogens (tertiary/aromatic N) is 2. The molecule has 1 aromatic carbocycles. The molecule has 0 spiro atoms. The van der Waals surface area contributed by atoms with E-state index in [-0.39, 0.29) is 5.91 Å². The van der Waals surface area contributed by atoms with Gasteiger partial charge in [0, 0.05) is 24.3 Å². The first kappa shape index (κ1) is 15.1. The quantitative estimate of drug-likeness (QED) is 0.537. The first-order valence-corrected chi connectivity index (χ1v) is 8.03. The van der Waals surface area contributed by atoms with Crippen LogP contribution >= 0.6 is 0 Å². The minimum atomic E-state index is -0.118. The Balaban J connectivity index is 1.53. The minimum Gasteiger partial charge on any atom is -0.359 e. The average Bonchev–Trinajstić information content (AvgIpc) is 3.27. The summed E-state index contributed by atoms with van der Waals surface area (Å²) in [5.74, 6) is -0.118. The van der Waals surface area contributed by atoms with Gasteiger partial charge in [-0.05, 0) is 36.2 Å². The lowest BCUT2D eigenvalue weighted by atomic mass is 10.1. The van der Waals surface area contributed by atoms with Crippen LogP contribution in [0, 0.1) is 6.92 Å². The molecule has 6 nitrogen and oxygen atoms in total. The molecule has 0 saturated heterocycles. The Labute approximate surface area is 144 Å². The highest BCUT2D eigenvalue weighted by Crippen LogP contribution is 2.24. The number of H-pyrrole nitrogens is 2. The van der Waals surface area contributed by atoms with Crippen molar-refractivity contribution in [2.24, 2.45) is 0 Å². The summed E-state index contributed by atoms with van der Waals surface area (Å²) in [5, 5.41) is 11.0. The van der Waals surface area contributed by atoms with Crippen LogP contribution in [0.5, 0.6) is 0 Å². The minimum absolute atomic E-state index is 0.118. The van der Waals surface area contributed by atoms with Crippen LogP contribution in [0.1, 0.15) is 21.5 Å². The van der Waals surface area contributed by atoms with Crippen molar-refractivity contribution in [2.45, 2.75) is 13.5 Å². The molecule has 1 amide bonds. The summed E-state index contributed by atoms with van der Waals surface area (Å²) in [7, 11) is 0. The highest BCUT2D eigenvalue weighted by atomic mass is 16.1. The fraction of sp³-hybridized carbons (Fsp3) is 0.105. The van der Waals surface area contributed by atoms with Crippen LogP contribution in [0.15, 0.2) is 54.9 Å². The second-order valence-corrected chi connectivity index (χ2v) is 5.88. The maximum Gasteiger partial charge on any atom is 0.253 e. The molecular weight excluding hydrogens is 314 g/mol. The lowest BCUT2D eigenvalue weighted by molar-refractivity contribution is 0.0951. The molecule has 0 atom stereocenters.